The molecule has 116 valence electrons. The van der Waals surface area contributed by atoms with E-state index in [9.17, 15) is 13.2 Å². The Morgan fingerprint density at radius 2 is 2.10 bits per heavy atom. The lowest BCUT2D eigenvalue weighted by atomic mass is 10.2. The lowest BCUT2D eigenvalue weighted by molar-refractivity contribution is -0.144. The van der Waals surface area contributed by atoms with Crippen LogP contribution in [0.4, 0.5) is 24.8 Å². The Labute approximate surface area is 120 Å². The first-order valence-corrected chi connectivity index (χ1v) is 6.32. The topological polar surface area (TPSA) is 90.9 Å². The summed E-state index contributed by atoms with van der Waals surface area (Å²) in [5.74, 6) is 4.05. The minimum absolute atomic E-state index is 0.0919. The third-order valence-electron chi connectivity index (χ3n) is 2.52. The fraction of sp³-hybridized carbons (Fsp3) is 0.583. The zero-order valence-corrected chi connectivity index (χ0v) is 11.8. The van der Waals surface area contributed by atoms with E-state index in [-0.39, 0.29) is 30.5 Å². The van der Waals surface area contributed by atoms with Crippen molar-refractivity contribution in [2.75, 3.05) is 23.4 Å². The average molecular weight is 302 g/mol. The van der Waals surface area contributed by atoms with E-state index < -0.39 is 12.0 Å². The van der Waals surface area contributed by atoms with Crippen molar-refractivity contribution in [1.29, 1.82) is 5.26 Å². The second-order valence-electron chi connectivity index (χ2n) is 4.83. The quantitative estimate of drug-likeness (QED) is 0.618. The summed E-state index contributed by atoms with van der Waals surface area (Å²) >= 11 is 0. The molecule has 0 aliphatic carbocycles. The molecule has 0 saturated heterocycles. The van der Waals surface area contributed by atoms with Gasteiger partial charge in [-0.1, -0.05) is 13.8 Å². The molecule has 0 atom stereocenters. The molecule has 1 aromatic heterocycles. The predicted octanol–water partition coefficient (Wildman–Crippen LogP) is 2.16. The van der Waals surface area contributed by atoms with E-state index in [4.69, 9.17) is 11.1 Å². The summed E-state index contributed by atoms with van der Waals surface area (Å²) in [7, 11) is 0. The summed E-state index contributed by atoms with van der Waals surface area (Å²) in [6.45, 7) is 4.60. The van der Waals surface area contributed by atoms with Gasteiger partial charge in [-0.05, 0) is 5.92 Å². The molecule has 0 unspecified atom stereocenters. The largest absolute Gasteiger partial charge is 0.451 e. The number of hydrogen-bond donors (Lipinski definition) is 2. The predicted molar refractivity (Wildman–Crippen MR) is 72.1 cm³/mol. The summed E-state index contributed by atoms with van der Waals surface area (Å²) in [5, 5.41) is 8.66. The molecule has 3 N–H and O–H groups in total. The first-order valence-electron chi connectivity index (χ1n) is 6.32. The van der Waals surface area contributed by atoms with Gasteiger partial charge in [0.25, 0.3) is 0 Å². The SMILES string of the molecule is CC(C)CN(CCC#N)c1cc(NN)nc(C(F)(F)F)n1. The zero-order valence-electron chi connectivity index (χ0n) is 11.8. The number of alkyl halides is 3. The highest BCUT2D eigenvalue weighted by molar-refractivity contribution is 5.49. The Morgan fingerprint density at radius 3 is 2.57 bits per heavy atom. The molecule has 0 bridgehead atoms. The molecule has 0 aromatic carbocycles. The van der Waals surface area contributed by atoms with Crippen LogP contribution in [0.15, 0.2) is 6.07 Å². The molecule has 0 spiro atoms. The third kappa shape index (κ3) is 5.07. The van der Waals surface area contributed by atoms with E-state index >= 15 is 0 Å². The van der Waals surface area contributed by atoms with Gasteiger partial charge in [0.05, 0.1) is 12.5 Å². The molecule has 9 heteroatoms. The van der Waals surface area contributed by atoms with E-state index in [1.807, 2.05) is 19.9 Å². The van der Waals surface area contributed by atoms with Crippen LogP contribution in [0.5, 0.6) is 0 Å². The van der Waals surface area contributed by atoms with Crippen LogP contribution in [0, 0.1) is 17.2 Å². The van der Waals surface area contributed by atoms with E-state index in [0.29, 0.717) is 6.54 Å². The number of nitrogens with two attached hydrogens (primary N) is 1. The molecular formula is C12H17F3N6. The monoisotopic (exact) mass is 302 g/mol. The highest BCUT2D eigenvalue weighted by Crippen LogP contribution is 2.29. The zero-order chi connectivity index (χ0) is 16.0. The van der Waals surface area contributed by atoms with Crippen LogP contribution in [0.3, 0.4) is 0 Å². The van der Waals surface area contributed by atoms with E-state index in [0.717, 1.165) is 0 Å². The molecule has 21 heavy (non-hydrogen) atoms. The smallest absolute Gasteiger partial charge is 0.355 e. The maximum absolute atomic E-state index is 12.8. The van der Waals surface area contributed by atoms with Gasteiger partial charge in [-0.15, -0.1) is 0 Å². The normalized spacial score (nSPS) is 11.3. The van der Waals surface area contributed by atoms with Gasteiger partial charge < -0.3 is 10.3 Å². The van der Waals surface area contributed by atoms with Crippen LogP contribution < -0.4 is 16.2 Å². The summed E-state index contributed by atoms with van der Waals surface area (Å²) in [5.41, 5.74) is 2.10. The van der Waals surface area contributed by atoms with Gasteiger partial charge in [-0.3, -0.25) is 0 Å². The number of rotatable bonds is 6. The second kappa shape index (κ2) is 7.08. The van der Waals surface area contributed by atoms with Crippen molar-refractivity contribution in [3.63, 3.8) is 0 Å². The summed E-state index contributed by atoms with van der Waals surface area (Å²) in [4.78, 5) is 8.46. The van der Waals surface area contributed by atoms with Crippen molar-refractivity contribution in [2.45, 2.75) is 26.4 Å². The summed E-state index contributed by atoms with van der Waals surface area (Å²) in [6.07, 6.45) is -4.48. The fourth-order valence-corrected chi connectivity index (χ4v) is 1.72. The lowest BCUT2D eigenvalue weighted by Crippen LogP contribution is -2.30. The molecule has 1 aromatic rings. The van der Waals surface area contributed by atoms with Gasteiger partial charge in [0.15, 0.2) is 0 Å². The molecule has 1 heterocycles. The molecular weight excluding hydrogens is 285 g/mol. The van der Waals surface area contributed by atoms with Crippen molar-refractivity contribution in [3.8, 4) is 6.07 Å². The Kier molecular flexibility index (Phi) is 5.72. The molecule has 0 amide bonds. The van der Waals surface area contributed by atoms with Crippen LogP contribution >= 0.6 is 0 Å². The molecule has 0 aliphatic heterocycles. The Morgan fingerprint density at radius 1 is 1.43 bits per heavy atom. The second-order valence-corrected chi connectivity index (χ2v) is 4.83. The fourth-order valence-electron chi connectivity index (χ4n) is 1.72. The molecule has 0 aliphatic rings. The highest BCUT2D eigenvalue weighted by atomic mass is 19.4. The van der Waals surface area contributed by atoms with Crippen LogP contribution in [0.1, 0.15) is 26.1 Å². The number of nitrogens with zero attached hydrogens (tertiary/aromatic N) is 4. The number of hydrazine groups is 1. The van der Waals surface area contributed by atoms with Crippen molar-refractivity contribution >= 4 is 11.6 Å². The third-order valence-corrected chi connectivity index (χ3v) is 2.52. The maximum atomic E-state index is 12.8. The Balaban J connectivity index is 3.19. The molecule has 1 rings (SSSR count). The first-order chi connectivity index (χ1) is 9.77. The standard InChI is InChI=1S/C12H17F3N6/c1-8(2)7-21(5-3-4-16)10-6-9(20-17)18-11(19-10)12(13,14)15/h6,8H,3,5,7,17H2,1-2H3,(H,18,19,20). The summed E-state index contributed by atoms with van der Waals surface area (Å²) in [6, 6.07) is 3.30. The van der Waals surface area contributed by atoms with Crippen LogP contribution in [-0.4, -0.2) is 23.1 Å². The van der Waals surface area contributed by atoms with Crippen molar-refractivity contribution in [3.05, 3.63) is 11.9 Å². The van der Waals surface area contributed by atoms with Crippen molar-refractivity contribution < 1.29 is 13.2 Å². The molecule has 0 fully saturated rings. The number of nitriles is 1. The van der Waals surface area contributed by atoms with Gasteiger partial charge in [0, 0.05) is 19.2 Å². The van der Waals surface area contributed by atoms with Crippen molar-refractivity contribution in [1.82, 2.24) is 9.97 Å². The number of hydrogen-bond acceptors (Lipinski definition) is 6. The minimum atomic E-state index is -4.67. The summed E-state index contributed by atoms with van der Waals surface area (Å²) < 4.78 is 38.4. The number of anilines is 2. The van der Waals surface area contributed by atoms with Gasteiger partial charge in [0.1, 0.15) is 11.6 Å². The molecule has 0 radical (unpaired) electrons. The van der Waals surface area contributed by atoms with Crippen LogP contribution in [0.2, 0.25) is 0 Å². The first kappa shape index (κ1) is 17.0. The van der Waals surface area contributed by atoms with Crippen LogP contribution in [-0.2, 0) is 6.18 Å². The van der Waals surface area contributed by atoms with Gasteiger partial charge in [-0.2, -0.15) is 18.4 Å². The average Bonchev–Trinajstić information content (AvgIpc) is 2.41. The Hall–Kier alpha value is -2.08. The molecule has 6 nitrogen and oxygen atoms in total. The van der Waals surface area contributed by atoms with E-state index in [1.54, 1.807) is 4.90 Å². The van der Waals surface area contributed by atoms with Crippen LogP contribution in [0.25, 0.3) is 0 Å². The van der Waals surface area contributed by atoms with E-state index in [1.165, 1.54) is 6.07 Å². The van der Waals surface area contributed by atoms with Gasteiger partial charge >= 0.3 is 6.18 Å². The number of aromatic nitrogens is 2. The van der Waals surface area contributed by atoms with E-state index in [2.05, 4.69) is 15.4 Å². The van der Waals surface area contributed by atoms with Gasteiger partial charge in [0.2, 0.25) is 5.82 Å². The number of nitrogens with one attached hydrogen (secondary N) is 1. The minimum Gasteiger partial charge on any atom is -0.355 e. The number of halogens is 3. The molecule has 0 saturated carbocycles. The van der Waals surface area contributed by atoms with Crippen molar-refractivity contribution in [2.24, 2.45) is 11.8 Å². The highest BCUT2D eigenvalue weighted by Gasteiger charge is 2.36. The lowest BCUT2D eigenvalue weighted by Gasteiger charge is -2.25. The van der Waals surface area contributed by atoms with Gasteiger partial charge in [-0.25, -0.2) is 15.8 Å². The maximum Gasteiger partial charge on any atom is 0.451 e. The number of nitrogen functional groups attached to an aromatic ring is 1. The Bertz CT molecular complexity index is 509.